The average molecular weight is 496 g/mol. The van der Waals surface area contributed by atoms with Crippen LogP contribution < -0.4 is 0 Å². The van der Waals surface area contributed by atoms with E-state index >= 15 is 0 Å². The lowest BCUT2D eigenvalue weighted by molar-refractivity contribution is 0.278. The van der Waals surface area contributed by atoms with Crippen LogP contribution >= 0.6 is 0 Å². The van der Waals surface area contributed by atoms with Gasteiger partial charge in [0.25, 0.3) is 0 Å². The second-order valence-corrected chi connectivity index (χ2v) is 12.1. The monoisotopic (exact) mass is 495 g/mol. The molecule has 190 valence electrons. The highest BCUT2D eigenvalue weighted by Gasteiger charge is 2.28. The number of benzene rings is 2. The molecule has 5 nitrogen and oxygen atoms in total. The largest absolute Gasteiger partial charge is 0.361 e. The number of hydrogen-bond acceptors (Lipinski definition) is 3. The number of rotatable bonds is 11. The van der Waals surface area contributed by atoms with Gasteiger partial charge in [0.2, 0.25) is 10.0 Å². The van der Waals surface area contributed by atoms with Gasteiger partial charge in [0.05, 0.1) is 5.75 Å². The first-order chi connectivity index (χ1) is 16.9. The zero-order valence-electron chi connectivity index (χ0n) is 21.6. The van der Waals surface area contributed by atoms with Crippen molar-refractivity contribution in [2.24, 2.45) is 0 Å². The Morgan fingerprint density at radius 1 is 0.943 bits per heavy atom. The molecule has 1 aromatic heterocycles. The number of H-pyrrole nitrogens is 1. The molecule has 0 bridgehead atoms. The van der Waals surface area contributed by atoms with Crippen LogP contribution in [-0.2, 0) is 16.4 Å². The van der Waals surface area contributed by atoms with Crippen molar-refractivity contribution in [2.75, 3.05) is 38.5 Å². The minimum atomic E-state index is -3.10. The molecule has 1 aliphatic rings. The molecule has 1 fully saturated rings. The zero-order chi connectivity index (χ0) is 24.8. The lowest BCUT2D eigenvalue weighted by Crippen LogP contribution is -2.38. The van der Waals surface area contributed by atoms with Gasteiger partial charge in [-0.3, -0.25) is 0 Å². The summed E-state index contributed by atoms with van der Waals surface area (Å²) < 4.78 is 26.2. The van der Waals surface area contributed by atoms with E-state index in [9.17, 15) is 8.42 Å². The summed E-state index contributed by atoms with van der Waals surface area (Å²) in [4.78, 5) is 6.02. The van der Waals surface area contributed by atoms with Crippen LogP contribution in [0.25, 0.3) is 22.0 Å². The van der Waals surface area contributed by atoms with Crippen LogP contribution in [0, 0.1) is 0 Å². The van der Waals surface area contributed by atoms with Crippen LogP contribution in [0.3, 0.4) is 0 Å². The predicted molar refractivity (Wildman–Crippen MR) is 147 cm³/mol. The van der Waals surface area contributed by atoms with Gasteiger partial charge < -0.3 is 9.88 Å². The van der Waals surface area contributed by atoms with Crippen LogP contribution in [0.2, 0.25) is 0 Å². The Hall–Kier alpha value is -2.15. The first kappa shape index (κ1) is 25.9. The first-order valence-corrected chi connectivity index (χ1v) is 15.0. The average Bonchev–Trinajstić information content (AvgIpc) is 3.31. The number of nitrogens with zero attached hydrogens (tertiary/aromatic N) is 2. The van der Waals surface area contributed by atoms with Crippen molar-refractivity contribution in [1.82, 2.24) is 14.2 Å². The summed E-state index contributed by atoms with van der Waals surface area (Å²) in [6.07, 6.45) is 7.36. The fraction of sp³-hybridized carbons (Fsp3) is 0.517. The fourth-order valence-electron chi connectivity index (χ4n) is 5.45. The van der Waals surface area contributed by atoms with E-state index in [-0.39, 0.29) is 5.75 Å². The first-order valence-electron chi connectivity index (χ1n) is 13.4. The number of aromatic nitrogens is 1. The zero-order valence-corrected chi connectivity index (χ0v) is 22.4. The number of sulfonamides is 1. The molecule has 0 spiro atoms. The number of fused-ring (bicyclic) bond motifs is 1. The van der Waals surface area contributed by atoms with Gasteiger partial charge in [-0.2, -0.15) is 0 Å². The maximum Gasteiger partial charge on any atom is 0.213 e. The second-order valence-electron chi connectivity index (χ2n) is 9.87. The Balaban J connectivity index is 1.51. The fourth-order valence-corrected chi connectivity index (χ4v) is 6.58. The molecule has 6 heteroatoms. The van der Waals surface area contributed by atoms with E-state index in [2.05, 4.69) is 72.4 Å². The van der Waals surface area contributed by atoms with E-state index in [1.807, 2.05) is 0 Å². The highest BCUT2D eigenvalue weighted by molar-refractivity contribution is 7.89. The number of piperidine rings is 1. The van der Waals surface area contributed by atoms with Gasteiger partial charge in [-0.05, 0) is 92.4 Å². The summed E-state index contributed by atoms with van der Waals surface area (Å²) in [6, 6.07) is 15.7. The van der Waals surface area contributed by atoms with E-state index in [1.165, 1.54) is 53.6 Å². The van der Waals surface area contributed by atoms with Gasteiger partial charge in [-0.25, -0.2) is 12.7 Å². The van der Waals surface area contributed by atoms with Gasteiger partial charge >= 0.3 is 0 Å². The summed E-state index contributed by atoms with van der Waals surface area (Å²) in [5.41, 5.74) is 6.36. The molecule has 3 aromatic rings. The van der Waals surface area contributed by atoms with Crippen molar-refractivity contribution in [3.05, 3.63) is 59.8 Å². The molecular formula is C29H41N3O2S. The Morgan fingerprint density at radius 2 is 1.66 bits per heavy atom. The van der Waals surface area contributed by atoms with Gasteiger partial charge in [-0.15, -0.1) is 0 Å². The van der Waals surface area contributed by atoms with Crippen LogP contribution in [0.15, 0.2) is 48.7 Å². The van der Waals surface area contributed by atoms with E-state index in [4.69, 9.17) is 0 Å². The van der Waals surface area contributed by atoms with E-state index in [1.54, 1.807) is 11.2 Å². The molecule has 0 atom stereocenters. The van der Waals surface area contributed by atoms with Crippen molar-refractivity contribution in [3.8, 4) is 11.1 Å². The quantitative estimate of drug-likeness (QED) is 0.353. The van der Waals surface area contributed by atoms with Crippen LogP contribution in [-0.4, -0.2) is 61.1 Å². The second kappa shape index (κ2) is 11.7. The molecule has 0 aliphatic carbocycles. The van der Waals surface area contributed by atoms with Crippen molar-refractivity contribution in [2.45, 2.75) is 58.8 Å². The lowest BCUT2D eigenvalue weighted by atomic mass is 9.89. The summed E-state index contributed by atoms with van der Waals surface area (Å²) in [5, 5.41) is 1.27. The number of aromatic amines is 1. The van der Waals surface area contributed by atoms with Crippen LogP contribution in [0.4, 0.5) is 0 Å². The van der Waals surface area contributed by atoms with Crippen molar-refractivity contribution in [3.63, 3.8) is 0 Å². The van der Waals surface area contributed by atoms with Crippen LogP contribution in [0.5, 0.6) is 0 Å². The van der Waals surface area contributed by atoms with Gasteiger partial charge in [0.15, 0.2) is 0 Å². The molecule has 0 amide bonds. The highest BCUT2D eigenvalue weighted by Crippen LogP contribution is 2.36. The Bertz CT molecular complexity index is 1200. The molecule has 2 heterocycles. The van der Waals surface area contributed by atoms with E-state index < -0.39 is 10.0 Å². The van der Waals surface area contributed by atoms with Crippen molar-refractivity contribution in [1.29, 1.82) is 0 Å². The molecule has 2 aromatic carbocycles. The number of hydrogen-bond donors (Lipinski definition) is 1. The minimum Gasteiger partial charge on any atom is -0.361 e. The smallest absolute Gasteiger partial charge is 0.213 e. The summed E-state index contributed by atoms with van der Waals surface area (Å²) >= 11 is 0. The Kier molecular flexibility index (Phi) is 8.68. The SMILES string of the molecule is CCCN(CCC)CCc1cccc(-c2ccc3[nH]cc(C4CCN(S(=O)(=O)CC)CC4)c3c2)c1. The Morgan fingerprint density at radius 3 is 2.34 bits per heavy atom. The molecular weight excluding hydrogens is 454 g/mol. The van der Waals surface area contributed by atoms with Gasteiger partial charge in [-0.1, -0.05) is 44.2 Å². The molecule has 35 heavy (non-hydrogen) atoms. The maximum atomic E-state index is 12.3. The summed E-state index contributed by atoms with van der Waals surface area (Å²) in [5.74, 6) is 0.569. The molecule has 0 radical (unpaired) electrons. The third kappa shape index (κ3) is 6.16. The third-order valence-electron chi connectivity index (χ3n) is 7.42. The molecule has 1 N–H and O–H groups in total. The van der Waals surface area contributed by atoms with E-state index in [0.717, 1.165) is 31.3 Å². The lowest BCUT2D eigenvalue weighted by Gasteiger charge is -2.30. The predicted octanol–water partition coefficient (Wildman–Crippen LogP) is 6.03. The third-order valence-corrected chi connectivity index (χ3v) is 9.30. The van der Waals surface area contributed by atoms with Crippen molar-refractivity contribution >= 4 is 20.9 Å². The molecule has 1 aliphatic heterocycles. The van der Waals surface area contributed by atoms with Crippen LogP contribution in [0.1, 0.15) is 63.5 Å². The van der Waals surface area contributed by atoms with E-state index in [0.29, 0.717) is 19.0 Å². The molecule has 1 saturated heterocycles. The topological polar surface area (TPSA) is 56.4 Å². The summed E-state index contributed by atoms with van der Waals surface area (Å²) in [6.45, 7) is 10.9. The molecule has 0 saturated carbocycles. The molecule has 4 rings (SSSR count). The van der Waals surface area contributed by atoms with Crippen molar-refractivity contribution < 1.29 is 8.42 Å². The van der Waals surface area contributed by atoms with Gasteiger partial charge in [0.1, 0.15) is 0 Å². The normalized spacial score (nSPS) is 15.9. The Labute approximate surface area is 211 Å². The summed E-state index contributed by atoms with van der Waals surface area (Å²) in [7, 11) is -3.10. The molecule has 0 unspecified atom stereocenters. The highest BCUT2D eigenvalue weighted by atomic mass is 32.2. The minimum absolute atomic E-state index is 0.183. The number of nitrogens with one attached hydrogen (secondary N) is 1. The standard InChI is InChI=1S/C29H41N3O2S/c1-4-15-31(16-5-2)17-12-23-8-7-9-25(20-23)26-10-11-29-27(21-26)28(22-30-29)24-13-18-32(19-14-24)35(33,34)6-3/h7-11,20-22,24,30H,4-6,12-19H2,1-3H3. The van der Waals surface area contributed by atoms with Gasteiger partial charge in [0, 0.05) is 36.7 Å². The maximum absolute atomic E-state index is 12.3.